The fraction of sp³-hybridized carbons (Fsp3) is 0.652. The van der Waals surface area contributed by atoms with E-state index in [-0.39, 0.29) is 30.6 Å². The van der Waals surface area contributed by atoms with Crippen molar-refractivity contribution in [1.82, 2.24) is 9.55 Å². The molecule has 1 heterocycles. The zero-order valence-electron chi connectivity index (χ0n) is 17.7. The van der Waals surface area contributed by atoms with Gasteiger partial charge in [0.1, 0.15) is 11.6 Å². The fourth-order valence-electron chi connectivity index (χ4n) is 5.06. The van der Waals surface area contributed by atoms with Gasteiger partial charge in [-0.05, 0) is 70.1 Å². The Morgan fingerprint density at radius 2 is 1.93 bits per heavy atom. The molecule has 2 saturated carbocycles. The Morgan fingerprint density at radius 1 is 1.27 bits per heavy atom. The molecular formula is C23H28ClF3N2O. The maximum atomic E-state index is 13.3. The molecule has 30 heavy (non-hydrogen) atoms. The molecule has 0 amide bonds. The zero-order chi connectivity index (χ0) is 21.9. The maximum absolute atomic E-state index is 13.3. The number of imidazole rings is 1. The smallest absolute Gasteiger partial charge is 0.322 e. The summed E-state index contributed by atoms with van der Waals surface area (Å²) in [7, 11) is 0. The topological polar surface area (TPSA) is 34.9 Å². The van der Waals surface area contributed by atoms with Crippen LogP contribution in [0, 0.1) is 18.3 Å². The molecule has 1 unspecified atom stereocenters. The van der Waals surface area contributed by atoms with Crippen LogP contribution >= 0.6 is 11.6 Å². The molecule has 2 fully saturated rings. The number of ketones is 1. The summed E-state index contributed by atoms with van der Waals surface area (Å²) in [6.45, 7) is 5.65. The Labute approximate surface area is 180 Å². The van der Waals surface area contributed by atoms with Crippen molar-refractivity contribution in [3.8, 4) is 0 Å². The molecule has 2 aromatic rings. The molecule has 164 valence electrons. The van der Waals surface area contributed by atoms with Gasteiger partial charge in [0.05, 0.1) is 16.4 Å². The first-order valence-corrected chi connectivity index (χ1v) is 11.1. The summed E-state index contributed by atoms with van der Waals surface area (Å²) in [5, 5.41) is 0.698. The number of halogens is 4. The second kappa shape index (κ2) is 7.25. The highest BCUT2D eigenvalue weighted by molar-refractivity contribution is 6.32. The molecule has 0 bridgehead atoms. The van der Waals surface area contributed by atoms with Crippen molar-refractivity contribution in [3.05, 3.63) is 28.5 Å². The summed E-state index contributed by atoms with van der Waals surface area (Å²) >= 11 is 6.37. The Hall–Kier alpha value is -1.56. The summed E-state index contributed by atoms with van der Waals surface area (Å²) in [6, 6.07) is 3.76. The number of alkyl halides is 3. The minimum absolute atomic E-state index is 0.0226. The highest BCUT2D eigenvalue weighted by atomic mass is 35.5. The van der Waals surface area contributed by atoms with Gasteiger partial charge in [0.2, 0.25) is 0 Å². The SMILES string of the molecule is Cc1c(Cl)ccc2nc(CCCC(=O)C(C)C3(C(F)(F)F)CC3)n(C3(C)CCC3)c12. The average molecular weight is 441 g/mol. The standard InChI is InChI=1S/C23H28ClF3N2O/c1-14-16(24)8-9-17-20(14)29(21(3)10-5-11-21)19(28-17)7-4-6-18(30)15(2)22(12-13-22)23(25,26)27/h8-9,15H,4-7,10-13H2,1-3H3. The van der Waals surface area contributed by atoms with E-state index in [1.165, 1.54) is 6.92 Å². The predicted molar refractivity (Wildman–Crippen MR) is 112 cm³/mol. The van der Waals surface area contributed by atoms with Crippen LogP contribution in [0.15, 0.2) is 12.1 Å². The van der Waals surface area contributed by atoms with E-state index in [2.05, 4.69) is 11.5 Å². The van der Waals surface area contributed by atoms with Crippen LogP contribution in [0.5, 0.6) is 0 Å². The van der Waals surface area contributed by atoms with Crippen LogP contribution in [-0.4, -0.2) is 21.5 Å². The van der Waals surface area contributed by atoms with Crippen molar-refractivity contribution in [2.24, 2.45) is 11.3 Å². The van der Waals surface area contributed by atoms with Crippen LogP contribution in [0.2, 0.25) is 5.02 Å². The van der Waals surface area contributed by atoms with Gasteiger partial charge in [-0.3, -0.25) is 4.79 Å². The Balaban J connectivity index is 1.53. The maximum Gasteiger partial charge on any atom is 0.395 e. The van der Waals surface area contributed by atoms with E-state index in [1.54, 1.807) is 0 Å². The van der Waals surface area contributed by atoms with Gasteiger partial charge in [-0.15, -0.1) is 0 Å². The number of carbonyl (C=O) groups is 1. The van der Waals surface area contributed by atoms with Crippen molar-refractivity contribution in [2.75, 3.05) is 0 Å². The van der Waals surface area contributed by atoms with Gasteiger partial charge < -0.3 is 4.57 Å². The first-order chi connectivity index (χ1) is 14.0. The van der Waals surface area contributed by atoms with Gasteiger partial charge >= 0.3 is 6.18 Å². The van der Waals surface area contributed by atoms with Crippen molar-refractivity contribution < 1.29 is 18.0 Å². The predicted octanol–water partition coefficient (Wildman–Crippen LogP) is 6.77. The lowest BCUT2D eigenvalue weighted by Crippen LogP contribution is -2.38. The largest absolute Gasteiger partial charge is 0.395 e. The number of benzene rings is 1. The lowest BCUT2D eigenvalue weighted by atomic mass is 9.78. The van der Waals surface area contributed by atoms with Crippen LogP contribution in [0.4, 0.5) is 13.2 Å². The molecule has 1 aromatic heterocycles. The molecular weight excluding hydrogens is 413 g/mol. The van der Waals surface area contributed by atoms with Crippen molar-refractivity contribution in [3.63, 3.8) is 0 Å². The van der Waals surface area contributed by atoms with E-state index >= 15 is 0 Å². The van der Waals surface area contributed by atoms with E-state index < -0.39 is 17.5 Å². The quantitative estimate of drug-likeness (QED) is 0.476. The van der Waals surface area contributed by atoms with Crippen molar-refractivity contribution in [1.29, 1.82) is 0 Å². The van der Waals surface area contributed by atoms with Crippen LogP contribution in [0.25, 0.3) is 11.0 Å². The van der Waals surface area contributed by atoms with Crippen molar-refractivity contribution >= 4 is 28.4 Å². The summed E-state index contributed by atoms with van der Waals surface area (Å²) in [6.07, 6.45) is 0.329. The number of carbonyl (C=O) groups excluding carboxylic acids is 1. The normalized spacial score (nSPS) is 20.8. The number of hydrogen-bond acceptors (Lipinski definition) is 2. The first-order valence-electron chi connectivity index (χ1n) is 10.8. The number of hydrogen-bond donors (Lipinski definition) is 0. The van der Waals surface area contributed by atoms with Gasteiger partial charge in [-0.2, -0.15) is 13.2 Å². The third-order valence-electron chi connectivity index (χ3n) is 7.53. The molecule has 3 nitrogen and oxygen atoms in total. The molecule has 2 aliphatic carbocycles. The van der Waals surface area contributed by atoms with Gasteiger partial charge in [0, 0.05) is 29.3 Å². The van der Waals surface area contributed by atoms with Gasteiger partial charge in [0.15, 0.2) is 0 Å². The summed E-state index contributed by atoms with van der Waals surface area (Å²) in [5.74, 6) is -0.363. The fourth-order valence-corrected chi connectivity index (χ4v) is 5.21. The van der Waals surface area contributed by atoms with Crippen LogP contribution in [-0.2, 0) is 16.8 Å². The number of aromatic nitrogens is 2. The van der Waals surface area contributed by atoms with Crippen molar-refractivity contribution in [2.45, 2.75) is 83.9 Å². The summed E-state index contributed by atoms with van der Waals surface area (Å²) in [4.78, 5) is 17.4. The average Bonchev–Trinajstić information content (AvgIpc) is 3.39. The molecule has 2 aliphatic rings. The number of fused-ring (bicyclic) bond motifs is 1. The number of Topliss-reactive ketones (excluding diaryl/α,β-unsaturated/α-hetero) is 1. The Bertz CT molecular complexity index is 986. The lowest BCUT2D eigenvalue weighted by Gasteiger charge is -2.41. The highest BCUT2D eigenvalue weighted by Crippen LogP contribution is 2.62. The molecule has 1 aromatic carbocycles. The van der Waals surface area contributed by atoms with Crippen LogP contribution in [0.3, 0.4) is 0 Å². The first kappa shape index (κ1) is 21.7. The molecule has 0 saturated heterocycles. The van der Waals surface area contributed by atoms with Crippen LogP contribution < -0.4 is 0 Å². The number of rotatable bonds is 7. The molecule has 0 aliphatic heterocycles. The molecule has 0 N–H and O–H groups in total. The van der Waals surface area contributed by atoms with E-state index in [1.807, 2.05) is 19.1 Å². The third kappa shape index (κ3) is 3.35. The van der Waals surface area contributed by atoms with Gasteiger partial charge in [0.25, 0.3) is 0 Å². The molecule has 0 spiro atoms. The minimum Gasteiger partial charge on any atom is -0.322 e. The summed E-state index contributed by atoms with van der Waals surface area (Å²) in [5.41, 5.74) is 1.10. The molecule has 4 rings (SSSR count). The molecule has 0 radical (unpaired) electrons. The second-order valence-electron chi connectivity index (χ2n) is 9.45. The third-order valence-corrected chi connectivity index (χ3v) is 7.94. The lowest BCUT2D eigenvalue weighted by molar-refractivity contribution is -0.202. The summed E-state index contributed by atoms with van der Waals surface area (Å²) < 4.78 is 42.3. The van der Waals surface area contributed by atoms with E-state index in [9.17, 15) is 18.0 Å². The Kier molecular flexibility index (Phi) is 5.23. The number of nitrogens with zero attached hydrogens (tertiary/aromatic N) is 2. The second-order valence-corrected chi connectivity index (χ2v) is 9.86. The van der Waals surface area contributed by atoms with Gasteiger partial charge in [-0.1, -0.05) is 18.5 Å². The van der Waals surface area contributed by atoms with Crippen LogP contribution in [0.1, 0.15) is 70.2 Å². The zero-order valence-corrected chi connectivity index (χ0v) is 18.5. The minimum atomic E-state index is -4.30. The van der Waals surface area contributed by atoms with E-state index in [0.717, 1.165) is 41.7 Å². The number of aryl methyl sites for hydroxylation is 2. The molecule has 7 heteroatoms. The van der Waals surface area contributed by atoms with E-state index in [4.69, 9.17) is 16.6 Å². The highest BCUT2D eigenvalue weighted by Gasteiger charge is 2.67. The Morgan fingerprint density at radius 3 is 2.47 bits per heavy atom. The molecule has 1 atom stereocenters. The van der Waals surface area contributed by atoms with Gasteiger partial charge in [-0.25, -0.2) is 4.98 Å². The van der Waals surface area contributed by atoms with E-state index in [0.29, 0.717) is 17.9 Å². The monoisotopic (exact) mass is 440 g/mol.